The molecule has 0 fully saturated rings. The van der Waals surface area contributed by atoms with E-state index in [0.717, 1.165) is 11.6 Å². The van der Waals surface area contributed by atoms with E-state index in [-0.39, 0.29) is 5.69 Å². The van der Waals surface area contributed by atoms with Crippen molar-refractivity contribution in [2.45, 2.75) is 31.6 Å². The Kier molecular flexibility index (Phi) is 5.07. The molecule has 0 unspecified atom stereocenters. The van der Waals surface area contributed by atoms with Crippen molar-refractivity contribution in [2.75, 3.05) is 5.32 Å². The van der Waals surface area contributed by atoms with Crippen molar-refractivity contribution in [1.82, 2.24) is 0 Å². The second-order valence-electron chi connectivity index (χ2n) is 7.29. The van der Waals surface area contributed by atoms with Gasteiger partial charge in [0.15, 0.2) is 0 Å². The van der Waals surface area contributed by atoms with Gasteiger partial charge in [0.25, 0.3) is 0 Å². The summed E-state index contributed by atoms with van der Waals surface area (Å²) in [6, 6.07) is 12.1. The largest absolute Gasteiger partial charge is 0.359 e. The summed E-state index contributed by atoms with van der Waals surface area (Å²) in [5.41, 5.74) is 1.36. The van der Waals surface area contributed by atoms with Gasteiger partial charge in [-0.1, -0.05) is 58.1 Å². The summed E-state index contributed by atoms with van der Waals surface area (Å²) < 4.78 is 65.0. The highest BCUT2D eigenvalue weighted by Gasteiger charge is 2.65. The van der Waals surface area contributed by atoms with Crippen LogP contribution in [0.2, 0.25) is 0 Å². The van der Waals surface area contributed by atoms with Crippen LogP contribution in [0.25, 0.3) is 0 Å². The van der Waals surface area contributed by atoms with Gasteiger partial charge < -0.3 is 5.32 Å². The third kappa shape index (κ3) is 5.73. The van der Waals surface area contributed by atoms with Crippen molar-refractivity contribution in [3.05, 3.63) is 71.9 Å². The molecule has 28 heavy (non-hydrogen) atoms. The number of nitriles is 1. The number of hydrogen-bond donors (Lipinski definition) is 1. The maximum atomic E-state index is 13.0. The van der Waals surface area contributed by atoms with Gasteiger partial charge in [0.1, 0.15) is 4.90 Å². The Bertz CT molecular complexity index is 926. The summed E-state index contributed by atoms with van der Waals surface area (Å²) in [6.07, 6.45) is 1.27. The van der Waals surface area contributed by atoms with Crippen LogP contribution in [-0.2, 0) is 6.42 Å². The lowest BCUT2D eigenvalue weighted by Crippen LogP contribution is -2.21. The summed E-state index contributed by atoms with van der Waals surface area (Å²) in [5, 5.41) is 11.5. The Balaban J connectivity index is 2.10. The summed E-state index contributed by atoms with van der Waals surface area (Å²) in [6.45, 7) is 7.60. The summed E-state index contributed by atoms with van der Waals surface area (Å²) in [7, 11) is -9.73. The first-order valence-corrected chi connectivity index (χ1v) is 10.4. The van der Waals surface area contributed by atoms with E-state index in [9.17, 15) is 19.4 Å². The fourth-order valence-electron chi connectivity index (χ4n) is 2.51. The molecule has 0 aromatic heterocycles. The molecule has 0 atom stereocenters. The smallest absolute Gasteiger partial charge is 0.310 e. The highest BCUT2D eigenvalue weighted by Crippen LogP contribution is 3.02. The van der Waals surface area contributed by atoms with Crippen molar-refractivity contribution >= 4 is 15.9 Å². The first kappa shape index (κ1) is 21.8. The Morgan fingerprint density at radius 2 is 1.68 bits per heavy atom. The Hall–Kier alpha value is -2.53. The van der Waals surface area contributed by atoms with Crippen LogP contribution in [0.15, 0.2) is 65.7 Å². The molecule has 0 heterocycles. The molecule has 0 radical (unpaired) electrons. The van der Waals surface area contributed by atoms with Crippen LogP contribution in [0, 0.1) is 16.7 Å². The van der Waals surface area contributed by atoms with Crippen LogP contribution in [0.5, 0.6) is 0 Å². The first-order chi connectivity index (χ1) is 12.6. The van der Waals surface area contributed by atoms with E-state index in [0.29, 0.717) is 36.2 Å². The van der Waals surface area contributed by atoms with Crippen molar-refractivity contribution in [3.63, 3.8) is 0 Å². The zero-order valence-electron chi connectivity index (χ0n) is 15.5. The molecule has 2 aromatic rings. The maximum Gasteiger partial charge on any atom is 0.310 e. The molecule has 0 bridgehead atoms. The number of nitrogens with zero attached hydrogens (tertiary/aromatic N) is 1. The SMILES string of the molecule is C=C(Nc1cccc(S(F)(F)(F)(F)F)c1)C(C)(C)CCc1ccc(C#N)cc1. The van der Waals surface area contributed by atoms with Gasteiger partial charge in [-0.05, 0) is 48.7 Å². The van der Waals surface area contributed by atoms with E-state index < -0.39 is 20.5 Å². The van der Waals surface area contributed by atoms with E-state index >= 15 is 0 Å². The second-order valence-corrected chi connectivity index (χ2v) is 9.70. The number of halogens is 5. The zero-order chi connectivity index (χ0) is 21.3. The number of aryl methyl sites for hydroxylation is 1. The standard InChI is InChI=1S/C20H21F5N2S/c1-15(20(2,3)12-11-16-7-9-17(14-26)10-8-16)27-18-5-4-6-19(13-18)28(21,22,23,24)25/h4-10,13,27H,1,11-12H2,2-3H3. The van der Waals surface area contributed by atoms with Gasteiger partial charge in [-0.2, -0.15) is 5.26 Å². The minimum absolute atomic E-state index is 0.0952. The molecule has 2 nitrogen and oxygen atoms in total. The minimum atomic E-state index is -9.73. The topological polar surface area (TPSA) is 35.8 Å². The van der Waals surface area contributed by atoms with Crippen LogP contribution < -0.4 is 5.32 Å². The molecule has 2 rings (SSSR count). The summed E-state index contributed by atoms with van der Waals surface area (Å²) >= 11 is 0. The molecule has 8 heteroatoms. The monoisotopic (exact) mass is 416 g/mol. The maximum absolute atomic E-state index is 13.0. The molecule has 0 aliphatic carbocycles. The Morgan fingerprint density at radius 3 is 2.21 bits per heavy atom. The Morgan fingerprint density at radius 1 is 1.07 bits per heavy atom. The van der Waals surface area contributed by atoms with E-state index in [1.54, 1.807) is 12.1 Å². The number of allylic oxidation sites excluding steroid dienone is 1. The average Bonchev–Trinajstić information content (AvgIpc) is 2.59. The van der Waals surface area contributed by atoms with Gasteiger partial charge in [0, 0.05) is 16.8 Å². The molecule has 0 saturated carbocycles. The predicted octanol–water partition coefficient (Wildman–Crippen LogP) is 7.80. The molecule has 0 amide bonds. The van der Waals surface area contributed by atoms with Crippen LogP contribution in [-0.4, -0.2) is 0 Å². The van der Waals surface area contributed by atoms with Crippen molar-refractivity contribution in [1.29, 1.82) is 5.26 Å². The summed E-state index contributed by atoms with van der Waals surface area (Å²) in [4.78, 5) is -1.94. The third-order valence-corrected chi connectivity index (χ3v) is 5.66. The summed E-state index contributed by atoms with van der Waals surface area (Å²) in [5.74, 6) is 0. The van der Waals surface area contributed by atoms with Crippen molar-refractivity contribution < 1.29 is 19.4 Å². The van der Waals surface area contributed by atoms with E-state index in [2.05, 4.69) is 11.9 Å². The first-order valence-electron chi connectivity index (χ1n) is 8.40. The van der Waals surface area contributed by atoms with Gasteiger partial charge in [-0.3, -0.25) is 0 Å². The molecule has 2 aromatic carbocycles. The van der Waals surface area contributed by atoms with Gasteiger partial charge >= 0.3 is 10.2 Å². The Labute approximate surface area is 161 Å². The van der Waals surface area contributed by atoms with Crippen LogP contribution in [0.3, 0.4) is 0 Å². The molecule has 1 N–H and O–H groups in total. The lowest BCUT2D eigenvalue weighted by Gasteiger charge is -2.40. The average molecular weight is 416 g/mol. The van der Waals surface area contributed by atoms with Gasteiger partial charge in [0.2, 0.25) is 0 Å². The molecule has 0 saturated heterocycles. The highest BCUT2D eigenvalue weighted by molar-refractivity contribution is 8.45. The van der Waals surface area contributed by atoms with Gasteiger partial charge in [-0.25, -0.2) is 0 Å². The number of nitrogens with one attached hydrogen (secondary N) is 1. The van der Waals surface area contributed by atoms with Crippen LogP contribution in [0.1, 0.15) is 31.4 Å². The van der Waals surface area contributed by atoms with E-state index in [1.165, 1.54) is 6.07 Å². The fraction of sp³-hybridized carbons (Fsp3) is 0.250. The predicted molar refractivity (Wildman–Crippen MR) is 104 cm³/mol. The van der Waals surface area contributed by atoms with Gasteiger partial charge in [0.05, 0.1) is 11.6 Å². The molecular formula is C20H21F5N2S. The second kappa shape index (κ2) is 6.52. The number of hydrogen-bond acceptors (Lipinski definition) is 2. The third-order valence-electron chi connectivity index (χ3n) is 4.51. The quantitative estimate of drug-likeness (QED) is 0.467. The number of rotatable bonds is 7. The van der Waals surface area contributed by atoms with Crippen LogP contribution >= 0.6 is 10.2 Å². The molecule has 152 valence electrons. The van der Waals surface area contributed by atoms with E-state index in [4.69, 9.17) is 5.26 Å². The van der Waals surface area contributed by atoms with Crippen molar-refractivity contribution in [3.8, 4) is 6.07 Å². The highest BCUT2D eigenvalue weighted by atomic mass is 32.5. The molecular weight excluding hydrogens is 395 g/mol. The minimum Gasteiger partial charge on any atom is -0.359 e. The van der Waals surface area contributed by atoms with Crippen molar-refractivity contribution in [2.24, 2.45) is 5.41 Å². The number of benzene rings is 2. The molecule has 0 aliphatic heterocycles. The lowest BCUT2D eigenvalue weighted by molar-refractivity contribution is 0.364. The normalized spacial score (nSPS) is 14.5. The molecule has 0 aliphatic rings. The lowest BCUT2D eigenvalue weighted by atomic mass is 9.83. The van der Waals surface area contributed by atoms with Crippen LogP contribution in [0.4, 0.5) is 25.1 Å². The van der Waals surface area contributed by atoms with Gasteiger partial charge in [-0.15, -0.1) is 0 Å². The molecule has 0 spiro atoms. The zero-order valence-corrected chi connectivity index (χ0v) is 16.3. The fourth-order valence-corrected chi connectivity index (χ4v) is 3.20. The van der Waals surface area contributed by atoms with E-state index in [1.807, 2.05) is 32.0 Å². The number of anilines is 1.